The van der Waals surface area contributed by atoms with Crippen molar-refractivity contribution in [2.24, 2.45) is 17.7 Å². The van der Waals surface area contributed by atoms with Crippen LogP contribution in [0.3, 0.4) is 0 Å². The molecular weight excluding hydrogens is 284 g/mol. The molecule has 0 saturated heterocycles. The van der Waals surface area contributed by atoms with Gasteiger partial charge in [0, 0.05) is 14.7 Å². The number of nitrogens with two attached hydrogens (primary N) is 1. The Morgan fingerprint density at radius 3 is 2.94 bits per heavy atom. The average molecular weight is 303 g/mol. The van der Waals surface area contributed by atoms with Crippen molar-refractivity contribution in [3.05, 3.63) is 20.8 Å². The lowest BCUT2D eigenvalue weighted by Crippen LogP contribution is -2.35. The molecule has 1 aliphatic carbocycles. The van der Waals surface area contributed by atoms with Crippen molar-refractivity contribution in [1.82, 2.24) is 5.43 Å². The molecule has 0 radical (unpaired) electrons. The second-order valence-corrected chi connectivity index (χ2v) is 6.70. The normalized spacial score (nSPS) is 27.9. The van der Waals surface area contributed by atoms with Crippen LogP contribution in [0, 0.1) is 11.8 Å². The summed E-state index contributed by atoms with van der Waals surface area (Å²) in [6.45, 7) is 2.35. The number of thiophene rings is 1. The van der Waals surface area contributed by atoms with Gasteiger partial charge in [0.05, 0.1) is 6.04 Å². The molecule has 3 atom stereocenters. The third kappa shape index (κ3) is 2.86. The fraction of sp³-hybridized carbons (Fsp3) is 0.667. The minimum Gasteiger partial charge on any atom is -0.271 e. The van der Waals surface area contributed by atoms with Gasteiger partial charge in [0.25, 0.3) is 0 Å². The number of hydrazine groups is 1. The Kier molecular flexibility index (Phi) is 4.41. The molecule has 0 amide bonds. The zero-order chi connectivity index (χ0) is 11.5. The summed E-state index contributed by atoms with van der Waals surface area (Å²) in [5.41, 5.74) is 3.01. The zero-order valence-electron chi connectivity index (χ0n) is 9.58. The minimum atomic E-state index is 0.332. The fourth-order valence-corrected chi connectivity index (χ4v) is 4.32. The van der Waals surface area contributed by atoms with Crippen molar-refractivity contribution < 1.29 is 0 Å². The quantitative estimate of drug-likeness (QED) is 0.657. The SMILES string of the molecule is CC1CCCC(C(NN)c2cc(Br)cs2)C1. The molecule has 3 unspecified atom stereocenters. The maximum absolute atomic E-state index is 5.73. The molecule has 2 nitrogen and oxygen atoms in total. The Hall–Kier alpha value is 0.1000. The van der Waals surface area contributed by atoms with Crippen molar-refractivity contribution in [3.8, 4) is 0 Å². The Labute approximate surface area is 110 Å². The summed E-state index contributed by atoms with van der Waals surface area (Å²) in [6, 6.07) is 2.52. The molecule has 1 aromatic heterocycles. The third-order valence-electron chi connectivity index (χ3n) is 3.52. The van der Waals surface area contributed by atoms with Crippen LogP contribution in [0.1, 0.15) is 43.5 Å². The molecule has 90 valence electrons. The Balaban J connectivity index is 2.09. The molecule has 0 aliphatic heterocycles. The van der Waals surface area contributed by atoms with E-state index in [0.29, 0.717) is 12.0 Å². The van der Waals surface area contributed by atoms with Crippen LogP contribution in [0.5, 0.6) is 0 Å². The van der Waals surface area contributed by atoms with E-state index < -0.39 is 0 Å². The maximum atomic E-state index is 5.73. The largest absolute Gasteiger partial charge is 0.271 e. The molecular formula is C12H19BrN2S. The van der Waals surface area contributed by atoms with Crippen molar-refractivity contribution in [2.75, 3.05) is 0 Å². The summed E-state index contributed by atoms with van der Waals surface area (Å²) in [7, 11) is 0. The summed E-state index contributed by atoms with van der Waals surface area (Å²) in [4.78, 5) is 1.36. The maximum Gasteiger partial charge on any atom is 0.0581 e. The predicted octanol–water partition coefficient (Wildman–Crippen LogP) is 3.84. The topological polar surface area (TPSA) is 38.0 Å². The predicted molar refractivity (Wildman–Crippen MR) is 73.2 cm³/mol. The molecule has 1 fully saturated rings. The van der Waals surface area contributed by atoms with Gasteiger partial charge < -0.3 is 0 Å². The second-order valence-electron chi connectivity index (χ2n) is 4.84. The van der Waals surface area contributed by atoms with Crippen LogP contribution >= 0.6 is 27.3 Å². The lowest BCUT2D eigenvalue weighted by atomic mass is 9.78. The third-order valence-corrected chi connectivity index (χ3v) is 5.30. The van der Waals surface area contributed by atoms with Crippen molar-refractivity contribution in [3.63, 3.8) is 0 Å². The van der Waals surface area contributed by atoms with E-state index in [1.807, 2.05) is 0 Å². The van der Waals surface area contributed by atoms with Crippen molar-refractivity contribution in [1.29, 1.82) is 0 Å². The van der Waals surface area contributed by atoms with E-state index in [2.05, 4.69) is 39.7 Å². The van der Waals surface area contributed by atoms with Gasteiger partial charge in [0.2, 0.25) is 0 Å². The van der Waals surface area contributed by atoms with Crippen LogP contribution in [-0.4, -0.2) is 0 Å². The lowest BCUT2D eigenvalue weighted by Gasteiger charge is -2.32. The molecule has 4 heteroatoms. The van der Waals surface area contributed by atoms with E-state index >= 15 is 0 Å². The first kappa shape index (κ1) is 12.6. The molecule has 0 spiro atoms. The number of nitrogens with one attached hydrogen (secondary N) is 1. The van der Waals surface area contributed by atoms with Gasteiger partial charge in [0.1, 0.15) is 0 Å². The van der Waals surface area contributed by atoms with Gasteiger partial charge in [-0.3, -0.25) is 11.3 Å². The van der Waals surface area contributed by atoms with Gasteiger partial charge in [-0.25, -0.2) is 0 Å². The summed E-state index contributed by atoms with van der Waals surface area (Å²) < 4.78 is 1.16. The Morgan fingerprint density at radius 1 is 1.56 bits per heavy atom. The molecule has 3 N–H and O–H groups in total. The molecule has 1 heterocycles. The summed E-state index contributed by atoms with van der Waals surface area (Å²) in [6.07, 6.45) is 5.32. The number of hydrogen-bond donors (Lipinski definition) is 2. The highest BCUT2D eigenvalue weighted by atomic mass is 79.9. The van der Waals surface area contributed by atoms with Crippen molar-refractivity contribution in [2.45, 2.75) is 38.6 Å². The molecule has 1 saturated carbocycles. The van der Waals surface area contributed by atoms with Crippen LogP contribution in [-0.2, 0) is 0 Å². The number of halogens is 1. The van der Waals surface area contributed by atoms with Gasteiger partial charge in [-0.2, -0.15) is 0 Å². The van der Waals surface area contributed by atoms with Crippen LogP contribution in [0.15, 0.2) is 15.9 Å². The van der Waals surface area contributed by atoms with Crippen LogP contribution in [0.25, 0.3) is 0 Å². The number of hydrogen-bond acceptors (Lipinski definition) is 3. The van der Waals surface area contributed by atoms with E-state index in [4.69, 9.17) is 5.84 Å². The van der Waals surface area contributed by atoms with Crippen molar-refractivity contribution >= 4 is 27.3 Å². The van der Waals surface area contributed by atoms with Gasteiger partial charge in [0.15, 0.2) is 0 Å². The standard InChI is InChI=1S/C12H19BrN2S/c1-8-3-2-4-9(5-8)12(15-14)11-6-10(13)7-16-11/h6-9,12,15H,2-5,14H2,1H3. The molecule has 0 aromatic carbocycles. The summed E-state index contributed by atoms with van der Waals surface area (Å²) >= 11 is 5.30. The molecule has 2 rings (SSSR count). The first-order valence-electron chi connectivity index (χ1n) is 5.90. The zero-order valence-corrected chi connectivity index (χ0v) is 12.0. The van der Waals surface area contributed by atoms with E-state index in [1.165, 1.54) is 30.6 Å². The van der Waals surface area contributed by atoms with Crippen LogP contribution in [0.2, 0.25) is 0 Å². The first-order valence-corrected chi connectivity index (χ1v) is 7.58. The number of rotatable bonds is 3. The van der Waals surface area contributed by atoms with Gasteiger partial charge in [-0.1, -0.05) is 19.8 Å². The monoisotopic (exact) mass is 302 g/mol. The minimum absolute atomic E-state index is 0.332. The highest BCUT2D eigenvalue weighted by Gasteiger charge is 2.27. The summed E-state index contributed by atoms with van der Waals surface area (Å²) in [5, 5.41) is 2.13. The van der Waals surface area contributed by atoms with Gasteiger partial charge >= 0.3 is 0 Å². The molecule has 1 aliphatic rings. The highest BCUT2D eigenvalue weighted by Crippen LogP contribution is 2.39. The molecule has 16 heavy (non-hydrogen) atoms. The van der Waals surface area contributed by atoms with Gasteiger partial charge in [-0.15, -0.1) is 11.3 Å². The van der Waals surface area contributed by atoms with E-state index in [0.717, 1.165) is 10.4 Å². The Bertz CT molecular complexity index is 340. The summed E-state index contributed by atoms with van der Waals surface area (Å²) in [5.74, 6) is 7.27. The van der Waals surface area contributed by atoms with E-state index in [1.54, 1.807) is 11.3 Å². The smallest absolute Gasteiger partial charge is 0.0581 e. The molecule has 0 bridgehead atoms. The average Bonchev–Trinajstić information content (AvgIpc) is 2.66. The van der Waals surface area contributed by atoms with Gasteiger partial charge in [-0.05, 0) is 46.7 Å². The Morgan fingerprint density at radius 2 is 2.38 bits per heavy atom. The molecule has 1 aromatic rings. The van der Waals surface area contributed by atoms with Crippen LogP contribution < -0.4 is 11.3 Å². The highest BCUT2D eigenvalue weighted by molar-refractivity contribution is 9.10. The van der Waals surface area contributed by atoms with E-state index in [-0.39, 0.29) is 0 Å². The first-order chi connectivity index (χ1) is 7.70. The second kappa shape index (κ2) is 5.63. The van der Waals surface area contributed by atoms with Crippen LogP contribution in [0.4, 0.5) is 0 Å². The lowest BCUT2D eigenvalue weighted by molar-refractivity contribution is 0.226. The van der Waals surface area contributed by atoms with E-state index in [9.17, 15) is 0 Å². The fourth-order valence-electron chi connectivity index (χ4n) is 2.73.